The Morgan fingerprint density at radius 1 is 1.45 bits per heavy atom. The number of amides is 1. The molecular weight excluding hydrogens is 300 g/mol. The molecule has 1 aliphatic rings. The van der Waals surface area contributed by atoms with E-state index in [1.807, 2.05) is 31.2 Å². The second-order valence-corrected chi connectivity index (χ2v) is 7.23. The van der Waals surface area contributed by atoms with Crippen LogP contribution in [0.15, 0.2) is 34.9 Å². The van der Waals surface area contributed by atoms with Gasteiger partial charge in [-0.15, -0.1) is 0 Å². The summed E-state index contributed by atoms with van der Waals surface area (Å²) in [6.45, 7) is 4.18. The summed E-state index contributed by atoms with van der Waals surface area (Å²) in [4.78, 5) is 14.4. The van der Waals surface area contributed by atoms with E-state index < -0.39 is 16.0 Å². The van der Waals surface area contributed by atoms with Crippen LogP contribution in [0, 0.1) is 6.92 Å². The SMILES string of the molecule is Cc1cc(CS(=O)C(C)C(=O)N2CCc3ccccc32)on1. The van der Waals surface area contributed by atoms with Crippen molar-refractivity contribution in [3.63, 3.8) is 0 Å². The van der Waals surface area contributed by atoms with Gasteiger partial charge < -0.3 is 9.42 Å². The summed E-state index contributed by atoms with van der Waals surface area (Å²) in [5.41, 5.74) is 2.85. The highest BCUT2D eigenvalue weighted by Gasteiger charge is 2.31. The van der Waals surface area contributed by atoms with Crippen LogP contribution in [-0.2, 0) is 27.8 Å². The van der Waals surface area contributed by atoms with Gasteiger partial charge in [-0.05, 0) is 31.9 Å². The first kappa shape index (κ1) is 15.0. The lowest BCUT2D eigenvalue weighted by molar-refractivity contribution is -0.117. The number of hydrogen-bond acceptors (Lipinski definition) is 4. The van der Waals surface area contributed by atoms with Gasteiger partial charge in [0.25, 0.3) is 0 Å². The van der Waals surface area contributed by atoms with Crippen LogP contribution < -0.4 is 4.90 Å². The predicted molar refractivity (Wildman–Crippen MR) is 85.0 cm³/mol. The van der Waals surface area contributed by atoms with E-state index in [1.165, 1.54) is 5.56 Å². The van der Waals surface area contributed by atoms with Crippen molar-refractivity contribution >= 4 is 22.4 Å². The lowest BCUT2D eigenvalue weighted by Gasteiger charge is -2.21. The van der Waals surface area contributed by atoms with Crippen LogP contribution in [0.3, 0.4) is 0 Å². The minimum absolute atomic E-state index is 0.0977. The average molecular weight is 318 g/mol. The lowest BCUT2D eigenvalue weighted by atomic mass is 10.2. The number of rotatable bonds is 4. The Labute approximate surface area is 131 Å². The average Bonchev–Trinajstić information content (AvgIpc) is 3.12. The van der Waals surface area contributed by atoms with Crippen molar-refractivity contribution in [2.24, 2.45) is 0 Å². The highest BCUT2D eigenvalue weighted by molar-refractivity contribution is 7.85. The quantitative estimate of drug-likeness (QED) is 0.867. The first-order valence-electron chi connectivity index (χ1n) is 7.25. The molecule has 5 nitrogen and oxygen atoms in total. The molecule has 2 aromatic rings. The van der Waals surface area contributed by atoms with E-state index in [-0.39, 0.29) is 11.7 Å². The second-order valence-electron chi connectivity index (χ2n) is 5.47. The van der Waals surface area contributed by atoms with E-state index in [1.54, 1.807) is 17.9 Å². The molecule has 0 saturated heterocycles. The van der Waals surface area contributed by atoms with Crippen molar-refractivity contribution in [1.29, 1.82) is 0 Å². The van der Waals surface area contributed by atoms with Gasteiger partial charge in [0.15, 0.2) is 0 Å². The van der Waals surface area contributed by atoms with Crippen molar-refractivity contribution in [2.75, 3.05) is 11.4 Å². The summed E-state index contributed by atoms with van der Waals surface area (Å²) in [6, 6.07) is 9.61. The summed E-state index contributed by atoms with van der Waals surface area (Å²) in [5.74, 6) is 0.667. The second kappa shape index (κ2) is 6.04. The first-order chi connectivity index (χ1) is 10.6. The molecule has 2 unspecified atom stereocenters. The van der Waals surface area contributed by atoms with Crippen LogP contribution in [0.1, 0.15) is 23.9 Å². The van der Waals surface area contributed by atoms with E-state index >= 15 is 0 Å². The summed E-state index contributed by atoms with van der Waals surface area (Å²) in [7, 11) is -1.33. The van der Waals surface area contributed by atoms with Gasteiger partial charge in [0.05, 0.1) is 11.4 Å². The molecule has 0 aliphatic carbocycles. The van der Waals surface area contributed by atoms with E-state index in [2.05, 4.69) is 5.16 Å². The molecule has 0 N–H and O–H groups in total. The molecule has 116 valence electrons. The molecule has 0 radical (unpaired) electrons. The van der Waals surface area contributed by atoms with Crippen LogP contribution in [0.5, 0.6) is 0 Å². The van der Waals surface area contributed by atoms with Gasteiger partial charge in [-0.25, -0.2) is 0 Å². The Morgan fingerprint density at radius 2 is 2.23 bits per heavy atom. The molecule has 0 saturated carbocycles. The number of anilines is 1. The maximum absolute atomic E-state index is 12.6. The third-order valence-electron chi connectivity index (χ3n) is 3.86. The standard InChI is InChI=1S/C16H18N2O3S/c1-11-9-14(21-17-11)10-22(20)12(2)16(19)18-8-7-13-5-3-4-6-15(13)18/h3-6,9,12H,7-8,10H2,1-2H3. The molecule has 1 aliphatic heterocycles. The normalized spacial score (nSPS) is 16.4. The Bertz CT molecular complexity index is 726. The van der Waals surface area contributed by atoms with Gasteiger partial charge >= 0.3 is 0 Å². The fourth-order valence-electron chi connectivity index (χ4n) is 2.65. The summed E-state index contributed by atoms with van der Waals surface area (Å²) in [6.07, 6.45) is 0.850. The highest BCUT2D eigenvalue weighted by atomic mass is 32.2. The van der Waals surface area contributed by atoms with Crippen LogP contribution >= 0.6 is 0 Å². The molecule has 1 aromatic carbocycles. The van der Waals surface area contributed by atoms with Crippen molar-refractivity contribution in [1.82, 2.24) is 5.16 Å². The number of hydrogen-bond donors (Lipinski definition) is 0. The number of para-hydroxylation sites is 1. The molecule has 0 bridgehead atoms. The Kier molecular flexibility index (Phi) is 4.11. The Morgan fingerprint density at radius 3 is 2.95 bits per heavy atom. The minimum atomic E-state index is -1.33. The molecule has 0 fully saturated rings. The number of carbonyl (C=O) groups is 1. The number of benzene rings is 1. The van der Waals surface area contributed by atoms with Crippen LogP contribution in [0.2, 0.25) is 0 Å². The maximum Gasteiger partial charge on any atom is 0.242 e. The zero-order chi connectivity index (χ0) is 15.7. The van der Waals surface area contributed by atoms with E-state index in [4.69, 9.17) is 4.52 Å². The monoisotopic (exact) mass is 318 g/mol. The lowest BCUT2D eigenvalue weighted by Crippen LogP contribution is -2.39. The van der Waals surface area contributed by atoms with Gasteiger partial charge in [0, 0.05) is 29.1 Å². The number of aryl methyl sites for hydroxylation is 1. The maximum atomic E-state index is 12.6. The topological polar surface area (TPSA) is 63.4 Å². The molecule has 22 heavy (non-hydrogen) atoms. The molecule has 2 heterocycles. The van der Waals surface area contributed by atoms with E-state index in [0.717, 1.165) is 17.8 Å². The molecule has 1 amide bonds. The molecule has 6 heteroatoms. The molecule has 2 atom stereocenters. The number of nitrogens with zero attached hydrogens (tertiary/aromatic N) is 2. The van der Waals surface area contributed by atoms with Crippen molar-refractivity contribution in [3.8, 4) is 0 Å². The zero-order valence-electron chi connectivity index (χ0n) is 12.6. The fraction of sp³-hybridized carbons (Fsp3) is 0.375. The van der Waals surface area contributed by atoms with Gasteiger partial charge in [-0.1, -0.05) is 23.4 Å². The number of fused-ring (bicyclic) bond motifs is 1. The predicted octanol–water partition coefficient (Wildman–Crippen LogP) is 2.21. The largest absolute Gasteiger partial charge is 0.360 e. The molecule has 0 spiro atoms. The number of aromatic nitrogens is 1. The molecular formula is C16H18N2O3S. The van der Waals surface area contributed by atoms with Crippen LogP contribution in [-0.4, -0.2) is 27.1 Å². The zero-order valence-corrected chi connectivity index (χ0v) is 13.4. The Balaban J connectivity index is 1.71. The fourth-order valence-corrected chi connectivity index (χ4v) is 3.67. The molecule has 3 rings (SSSR count). The van der Waals surface area contributed by atoms with Crippen molar-refractivity contribution in [2.45, 2.75) is 31.3 Å². The minimum Gasteiger partial charge on any atom is -0.360 e. The van der Waals surface area contributed by atoms with E-state index in [9.17, 15) is 9.00 Å². The van der Waals surface area contributed by atoms with Crippen molar-refractivity contribution in [3.05, 3.63) is 47.3 Å². The third-order valence-corrected chi connectivity index (χ3v) is 5.42. The van der Waals surface area contributed by atoms with Gasteiger partial charge in [0.1, 0.15) is 11.0 Å². The van der Waals surface area contributed by atoms with Gasteiger partial charge in [-0.3, -0.25) is 9.00 Å². The van der Waals surface area contributed by atoms with Crippen LogP contribution in [0.4, 0.5) is 5.69 Å². The van der Waals surface area contributed by atoms with Gasteiger partial charge in [0.2, 0.25) is 5.91 Å². The first-order valence-corrected chi connectivity index (χ1v) is 8.63. The third kappa shape index (κ3) is 2.83. The summed E-state index contributed by atoms with van der Waals surface area (Å²) >= 11 is 0. The summed E-state index contributed by atoms with van der Waals surface area (Å²) in [5, 5.41) is 3.20. The van der Waals surface area contributed by atoms with Crippen molar-refractivity contribution < 1.29 is 13.5 Å². The molecule has 1 aromatic heterocycles. The number of carbonyl (C=O) groups excluding carboxylic acids is 1. The highest BCUT2D eigenvalue weighted by Crippen LogP contribution is 2.28. The van der Waals surface area contributed by atoms with Crippen LogP contribution in [0.25, 0.3) is 0 Å². The summed E-state index contributed by atoms with van der Waals surface area (Å²) < 4.78 is 17.5. The smallest absolute Gasteiger partial charge is 0.242 e. The van der Waals surface area contributed by atoms with E-state index in [0.29, 0.717) is 12.3 Å². The Hall–Kier alpha value is -1.95. The van der Waals surface area contributed by atoms with Gasteiger partial charge in [-0.2, -0.15) is 0 Å².